The Bertz CT molecular complexity index is 764. The zero-order valence-corrected chi connectivity index (χ0v) is 14.6. The van der Waals surface area contributed by atoms with Crippen LogP contribution in [0.3, 0.4) is 0 Å². The molecule has 0 aliphatic carbocycles. The van der Waals surface area contributed by atoms with Crippen molar-refractivity contribution in [1.82, 2.24) is 14.5 Å². The van der Waals surface area contributed by atoms with Gasteiger partial charge in [0.2, 0.25) is 0 Å². The first kappa shape index (κ1) is 16.3. The van der Waals surface area contributed by atoms with Crippen molar-refractivity contribution in [3.05, 3.63) is 48.5 Å². The van der Waals surface area contributed by atoms with E-state index in [1.165, 1.54) is 0 Å². The number of aromatic nitrogens is 2. The second-order valence-electron chi connectivity index (χ2n) is 7.53. The molecule has 0 saturated carbocycles. The first-order chi connectivity index (χ1) is 12.0. The van der Waals surface area contributed by atoms with Gasteiger partial charge in [-0.15, -0.1) is 0 Å². The second-order valence-corrected chi connectivity index (χ2v) is 7.53. The normalized spacial score (nSPS) is 25.4. The Morgan fingerprint density at radius 1 is 1.28 bits per heavy atom. The van der Waals surface area contributed by atoms with Crippen molar-refractivity contribution in [3.8, 4) is 5.69 Å². The largest absolute Gasteiger partial charge is 0.378 e. The van der Waals surface area contributed by atoms with Gasteiger partial charge in [-0.1, -0.05) is 6.07 Å². The first-order valence-electron chi connectivity index (χ1n) is 8.62. The minimum atomic E-state index is -0.385. The predicted molar refractivity (Wildman–Crippen MR) is 92.8 cm³/mol. The summed E-state index contributed by atoms with van der Waals surface area (Å²) in [5.41, 5.74) is 0.843. The number of morpholine rings is 1. The molecule has 2 aliphatic rings. The van der Waals surface area contributed by atoms with Gasteiger partial charge in [0.25, 0.3) is 5.91 Å². The Kier molecular flexibility index (Phi) is 3.89. The van der Waals surface area contributed by atoms with Gasteiger partial charge >= 0.3 is 0 Å². The van der Waals surface area contributed by atoms with Crippen molar-refractivity contribution in [2.75, 3.05) is 26.3 Å². The van der Waals surface area contributed by atoms with E-state index in [0.717, 1.165) is 12.1 Å². The van der Waals surface area contributed by atoms with Crippen LogP contribution < -0.4 is 0 Å². The van der Waals surface area contributed by atoms with Gasteiger partial charge in [0.05, 0.1) is 25.1 Å². The Hall–Kier alpha value is -2.18. The maximum absolute atomic E-state index is 13.2. The number of carbonyl (C=O) groups excluding carboxylic acids is 1. The summed E-state index contributed by atoms with van der Waals surface area (Å²) in [6, 6.07) is 7.64. The third-order valence-corrected chi connectivity index (χ3v) is 4.79. The van der Waals surface area contributed by atoms with Crippen molar-refractivity contribution >= 4 is 5.91 Å². The first-order valence-corrected chi connectivity index (χ1v) is 8.62. The minimum absolute atomic E-state index is 0.0321. The quantitative estimate of drug-likeness (QED) is 0.841. The standard InChI is InChI=1S/C19H23N3O3/c1-18(2)11-22(12-19(25-18)6-9-24-13-19)17(23)15-4-3-5-16(10-15)21-8-7-20-14-21/h3-5,7-8,10,14H,6,9,11-13H2,1-2H3. The number of hydrogen-bond acceptors (Lipinski definition) is 4. The number of carbonyl (C=O) groups is 1. The van der Waals surface area contributed by atoms with E-state index >= 15 is 0 Å². The Morgan fingerprint density at radius 3 is 2.88 bits per heavy atom. The van der Waals surface area contributed by atoms with E-state index in [0.29, 0.717) is 31.9 Å². The maximum atomic E-state index is 13.2. The van der Waals surface area contributed by atoms with E-state index < -0.39 is 0 Å². The SMILES string of the molecule is CC1(C)CN(C(=O)c2cccc(-n3ccnc3)c2)CC2(CCOC2)O1. The van der Waals surface area contributed by atoms with E-state index in [1.807, 2.05) is 53.8 Å². The van der Waals surface area contributed by atoms with Gasteiger partial charge in [-0.2, -0.15) is 0 Å². The average molecular weight is 341 g/mol. The molecule has 1 aromatic heterocycles. The summed E-state index contributed by atoms with van der Waals surface area (Å²) in [4.78, 5) is 19.1. The molecule has 3 heterocycles. The van der Waals surface area contributed by atoms with Crippen LogP contribution in [0.2, 0.25) is 0 Å². The number of amides is 1. The zero-order valence-electron chi connectivity index (χ0n) is 14.6. The lowest BCUT2D eigenvalue weighted by molar-refractivity contribution is -0.186. The molecule has 2 aliphatic heterocycles. The van der Waals surface area contributed by atoms with Crippen LogP contribution in [0.5, 0.6) is 0 Å². The molecule has 2 aromatic rings. The van der Waals surface area contributed by atoms with Gasteiger partial charge in [0.15, 0.2) is 0 Å². The monoisotopic (exact) mass is 341 g/mol. The molecule has 2 saturated heterocycles. The summed E-state index contributed by atoms with van der Waals surface area (Å²) >= 11 is 0. The molecule has 25 heavy (non-hydrogen) atoms. The lowest BCUT2D eigenvalue weighted by atomic mass is 9.94. The number of benzene rings is 1. The van der Waals surface area contributed by atoms with Gasteiger partial charge in [-0.05, 0) is 32.0 Å². The van der Waals surface area contributed by atoms with Crippen molar-refractivity contribution in [2.45, 2.75) is 31.5 Å². The number of rotatable bonds is 2. The summed E-state index contributed by atoms with van der Waals surface area (Å²) in [6.07, 6.45) is 6.15. The van der Waals surface area contributed by atoms with Crippen LogP contribution in [0.4, 0.5) is 0 Å². The van der Waals surface area contributed by atoms with Crippen LogP contribution in [0.15, 0.2) is 43.0 Å². The van der Waals surface area contributed by atoms with Crippen molar-refractivity contribution < 1.29 is 14.3 Å². The third kappa shape index (κ3) is 3.19. The summed E-state index contributed by atoms with van der Waals surface area (Å²) < 4.78 is 13.7. The van der Waals surface area contributed by atoms with Crippen LogP contribution in [0.25, 0.3) is 5.69 Å². The van der Waals surface area contributed by atoms with E-state index in [-0.39, 0.29) is 17.1 Å². The highest BCUT2D eigenvalue weighted by Crippen LogP contribution is 2.35. The summed E-state index contributed by atoms with van der Waals surface area (Å²) in [5, 5.41) is 0. The number of ether oxygens (including phenoxy) is 2. The van der Waals surface area contributed by atoms with Gasteiger partial charge < -0.3 is 18.9 Å². The van der Waals surface area contributed by atoms with Crippen LogP contribution >= 0.6 is 0 Å². The summed E-state index contributed by atoms with van der Waals surface area (Å²) in [7, 11) is 0. The predicted octanol–water partition coefficient (Wildman–Crippen LogP) is 2.28. The molecule has 1 unspecified atom stereocenters. The van der Waals surface area contributed by atoms with Gasteiger partial charge in [-0.3, -0.25) is 4.79 Å². The van der Waals surface area contributed by atoms with E-state index in [4.69, 9.17) is 9.47 Å². The van der Waals surface area contributed by atoms with Crippen molar-refractivity contribution in [3.63, 3.8) is 0 Å². The van der Waals surface area contributed by atoms with Crippen LogP contribution in [-0.4, -0.2) is 57.9 Å². The molecule has 0 radical (unpaired) electrons. The third-order valence-electron chi connectivity index (χ3n) is 4.79. The molecule has 1 amide bonds. The van der Waals surface area contributed by atoms with Crippen LogP contribution in [-0.2, 0) is 9.47 Å². The molecule has 2 fully saturated rings. The molecule has 0 N–H and O–H groups in total. The van der Waals surface area contributed by atoms with Gasteiger partial charge in [-0.25, -0.2) is 4.98 Å². The average Bonchev–Trinajstić information content (AvgIpc) is 3.25. The number of imidazole rings is 1. The lowest BCUT2D eigenvalue weighted by Crippen LogP contribution is -2.61. The highest BCUT2D eigenvalue weighted by Gasteiger charge is 2.48. The van der Waals surface area contributed by atoms with Crippen LogP contribution in [0, 0.1) is 0 Å². The van der Waals surface area contributed by atoms with Gasteiger partial charge in [0.1, 0.15) is 5.60 Å². The lowest BCUT2D eigenvalue weighted by Gasteiger charge is -2.48. The van der Waals surface area contributed by atoms with E-state index in [2.05, 4.69) is 4.98 Å². The maximum Gasteiger partial charge on any atom is 0.254 e. The molecule has 1 aromatic carbocycles. The van der Waals surface area contributed by atoms with Crippen molar-refractivity contribution in [2.24, 2.45) is 0 Å². The summed E-state index contributed by atoms with van der Waals surface area (Å²) in [6.45, 7) is 6.46. The molecule has 4 rings (SSSR count). The van der Waals surface area contributed by atoms with Crippen molar-refractivity contribution in [1.29, 1.82) is 0 Å². The highest BCUT2D eigenvalue weighted by molar-refractivity contribution is 5.95. The Morgan fingerprint density at radius 2 is 2.16 bits per heavy atom. The molecular formula is C19H23N3O3. The Balaban J connectivity index is 1.61. The molecule has 1 atom stereocenters. The molecule has 6 heteroatoms. The Labute approximate surface area is 147 Å². The summed E-state index contributed by atoms with van der Waals surface area (Å²) in [5.74, 6) is 0.0321. The molecule has 0 bridgehead atoms. The highest BCUT2D eigenvalue weighted by atomic mass is 16.6. The fourth-order valence-electron chi connectivity index (χ4n) is 3.85. The minimum Gasteiger partial charge on any atom is -0.378 e. The van der Waals surface area contributed by atoms with Gasteiger partial charge in [0, 0.05) is 43.2 Å². The van der Waals surface area contributed by atoms with E-state index in [1.54, 1.807) is 12.5 Å². The van der Waals surface area contributed by atoms with Crippen LogP contribution in [0.1, 0.15) is 30.6 Å². The fraction of sp³-hybridized carbons (Fsp3) is 0.474. The van der Waals surface area contributed by atoms with E-state index in [9.17, 15) is 4.79 Å². The zero-order chi connectivity index (χ0) is 17.5. The molecule has 6 nitrogen and oxygen atoms in total. The number of nitrogens with zero attached hydrogens (tertiary/aromatic N) is 3. The molecular weight excluding hydrogens is 318 g/mol. The fourth-order valence-corrected chi connectivity index (χ4v) is 3.85. The number of hydrogen-bond donors (Lipinski definition) is 0. The molecule has 132 valence electrons. The molecule has 1 spiro atoms. The second kappa shape index (κ2) is 5.97. The smallest absolute Gasteiger partial charge is 0.254 e. The topological polar surface area (TPSA) is 56.6 Å².